The van der Waals surface area contributed by atoms with Gasteiger partial charge in [0.1, 0.15) is 11.6 Å². The van der Waals surface area contributed by atoms with E-state index in [9.17, 15) is 0 Å². The Morgan fingerprint density at radius 2 is 2.00 bits per heavy atom. The fraction of sp³-hybridized carbons (Fsp3) is 0.438. The second-order valence-electron chi connectivity index (χ2n) is 5.41. The lowest BCUT2D eigenvalue weighted by molar-refractivity contribution is 0.212. The molecule has 2 N–H and O–H groups in total. The maximum atomic E-state index is 6.39. The van der Waals surface area contributed by atoms with Crippen LogP contribution in [0.1, 0.15) is 24.4 Å². The molecule has 1 aromatic carbocycles. The molecule has 5 heteroatoms. The largest absolute Gasteiger partial charge is 0.497 e. The monoisotopic (exact) mass is 288 g/mol. The molecule has 0 amide bonds. The smallest absolute Gasteiger partial charge is 0.122 e. The van der Waals surface area contributed by atoms with Gasteiger partial charge in [-0.1, -0.05) is 12.1 Å². The normalized spacial score (nSPS) is 14.2. The molecule has 0 aliphatic carbocycles. The molecule has 2 unspecified atom stereocenters. The molecule has 0 saturated carbocycles. The number of imidazole rings is 1. The molecule has 1 heterocycles. The van der Waals surface area contributed by atoms with E-state index in [1.54, 1.807) is 7.11 Å². The highest BCUT2D eigenvalue weighted by molar-refractivity contribution is 5.29. The molecule has 5 nitrogen and oxygen atoms in total. The van der Waals surface area contributed by atoms with E-state index >= 15 is 0 Å². The van der Waals surface area contributed by atoms with Crippen LogP contribution in [-0.4, -0.2) is 34.7 Å². The number of methoxy groups -OCH3 is 1. The lowest BCUT2D eigenvalue weighted by atomic mass is 10.0. The quantitative estimate of drug-likeness (QED) is 0.882. The number of nitrogens with zero attached hydrogens (tertiary/aromatic N) is 3. The van der Waals surface area contributed by atoms with Gasteiger partial charge in [0.15, 0.2) is 0 Å². The van der Waals surface area contributed by atoms with Gasteiger partial charge in [0.2, 0.25) is 0 Å². The number of rotatable bonds is 6. The van der Waals surface area contributed by atoms with Crippen LogP contribution in [0.15, 0.2) is 36.7 Å². The molecule has 2 aromatic rings. The lowest BCUT2D eigenvalue weighted by Gasteiger charge is -2.29. The van der Waals surface area contributed by atoms with E-state index in [1.807, 2.05) is 48.3 Å². The van der Waals surface area contributed by atoms with E-state index in [2.05, 4.69) is 23.9 Å². The van der Waals surface area contributed by atoms with Crippen molar-refractivity contribution in [2.45, 2.75) is 25.6 Å². The van der Waals surface area contributed by atoms with Crippen molar-refractivity contribution >= 4 is 0 Å². The Hall–Kier alpha value is -1.85. The number of ether oxygens (including phenoxy) is 1. The maximum absolute atomic E-state index is 6.39. The Morgan fingerprint density at radius 3 is 2.52 bits per heavy atom. The molecule has 0 radical (unpaired) electrons. The van der Waals surface area contributed by atoms with E-state index < -0.39 is 0 Å². The Balaban J connectivity index is 2.03. The number of likely N-dealkylation sites (N-methyl/N-ethyl adjacent to an activating group) is 1. The van der Waals surface area contributed by atoms with Crippen LogP contribution in [0.5, 0.6) is 5.75 Å². The van der Waals surface area contributed by atoms with E-state index in [0.29, 0.717) is 0 Å². The van der Waals surface area contributed by atoms with Gasteiger partial charge in [-0.05, 0) is 31.7 Å². The third kappa shape index (κ3) is 3.62. The van der Waals surface area contributed by atoms with Crippen molar-refractivity contribution in [2.75, 3.05) is 14.2 Å². The summed E-state index contributed by atoms with van der Waals surface area (Å²) in [7, 11) is 5.74. The van der Waals surface area contributed by atoms with Crippen LogP contribution in [0.3, 0.4) is 0 Å². The number of aromatic nitrogens is 2. The molecular weight excluding hydrogens is 264 g/mol. The maximum Gasteiger partial charge on any atom is 0.122 e. The molecule has 0 fully saturated rings. The molecule has 1 aromatic heterocycles. The van der Waals surface area contributed by atoms with Crippen LogP contribution < -0.4 is 10.5 Å². The molecule has 0 spiro atoms. The lowest BCUT2D eigenvalue weighted by Crippen LogP contribution is -2.38. The zero-order valence-corrected chi connectivity index (χ0v) is 13.2. The number of aryl methyl sites for hydroxylation is 1. The van der Waals surface area contributed by atoms with Gasteiger partial charge >= 0.3 is 0 Å². The van der Waals surface area contributed by atoms with E-state index in [-0.39, 0.29) is 12.1 Å². The first kappa shape index (κ1) is 15.5. The molecule has 0 bridgehead atoms. The van der Waals surface area contributed by atoms with Crippen molar-refractivity contribution in [1.29, 1.82) is 0 Å². The van der Waals surface area contributed by atoms with Gasteiger partial charge in [-0.15, -0.1) is 0 Å². The van der Waals surface area contributed by atoms with Gasteiger partial charge in [-0.3, -0.25) is 4.90 Å². The standard InChI is InChI=1S/C16H24N4O/c1-12(20(3)11-15-18-9-10-19(15)2)16(17)13-5-7-14(21-4)8-6-13/h5-10,12,16H,11,17H2,1-4H3. The SMILES string of the molecule is COc1ccc(C(N)C(C)N(C)Cc2nccn2C)cc1. The summed E-state index contributed by atoms with van der Waals surface area (Å²) >= 11 is 0. The average molecular weight is 288 g/mol. The van der Waals surface area contributed by atoms with Crippen LogP contribution in [-0.2, 0) is 13.6 Å². The molecule has 2 rings (SSSR count). The molecule has 0 aliphatic heterocycles. The van der Waals surface area contributed by atoms with E-state index in [0.717, 1.165) is 23.7 Å². The van der Waals surface area contributed by atoms with Crippen molar-refractivity contribution in [1.82, 2.24) is 14.5 Å². The van der Waals surface area contributed by atoms with Crippen molar-refractivity contribution in [3.05, 3.63) is 48.0 Å². The minimum absolute atomic E-state index is 0.0545. The van der Waals surface area contributed by atoms with E-state index in [1.165, 1.54) is 0 Å². The second kappa shape index (κ2) is 6.74. The zero-order chi connectivity index (χ0) is 15.4. The summed E-state index contributed by atoms with van der Waals surface area (Å²) in [6.45, 7) is 2.91. The molecule has 21 heavy (non-hydrogen) atoms. The van der Waals surface area contributed by atoms with Crippen LogP contribution >= 0.6 is 0 Å². The third-order valence-electron chi connectivity index (χ3n) is 4.03. The summed E-state index contributed by atoms with van der Waals surface area (Å²) < 4.78 is 7.21. The number of hydrogen-bond acceptors (Lipinski definition) is 4. The van der Waals surface area contributed by atoms with Crippen LogP contribution in [0, 0.1) is 0 Å². The highest BCUT2D eigenvalue weighted by atomic mass is 16.5. The summed E-state index contributed by atoms with van der Waals surface area (Å²) in [6.07, 6.45) is 3.77. The predicted octanol–water partition coefficient (Wildman–Crippen LogP) is 1.95. The second-order valence-corrected chi connectivity index (χ2v) is 5.41. The Labute approximate surface area is 126 Å². The van der Waals surface area contributed by atoms with Gasteiger partial charge in [0.05, 0.1) is 13.7 Å². The topological polar surface area (TPSA) is 56.3 Å². The van der Waals surface area contributed by atoms with Crippen LogP contribution in [0.4, 0.5) is 0 Å². The zero-order valence-electron chi connectivity index (χ0n) is 13.2. The Kier molecular flexibility index (Phi) is 4.98. The van der Waals surface area contributed by atoms with Gasteiger partial charge in [0, 0.05) is 31.5 Å². The molecular formula is C16H24N4O. The summed E-state index contributed by atoms with van der Waals surface area (Å²) in [6, 6.07) is 8.08. The number of hydrogen-bond donors (Lipinski definition) is 1. The Bertz CT molecular complexity index is 564. The molecule has 2 atom stereocenters. The van der Waals surface area contributed by atoms with Crippen molar-refractivity contribution < 1.29 is 4.74 Å². The van der Waals surface area contributed by atoms with Crippen LogP contribution in [0.25, 0.3) is 0 Å². The minimum atomic E-state index is -0.0545. The van der Waals surface area contributed by atoms with Crippen LogP contribution in [0.2, 0.25) is 0 Å². The summed E-state index contributed by atoms with van der Waals surface area (Å²) in [5.41, 5.74) is 7.49. The summed E-state index contributed by atoms with van der Waals surface area (Å²) in [4.78, 5) is 6.58. The summed E-state index contributed by atoms with van der Waals surface area (Å²) in [5, 5.41) is 0. The third-order valence-corrected chi connectivity index (χ3v) is 4.03. The highest BCUT2D eigenvalue weighted by Gasteiger charge is 2.20. The highest BCUT2D eigenvalue weighted by Crippen LogP contribution is 2.21. The first-order valence-corrected chi connectivity index (χ1v) is 7.09. The van der Waals surface area contributed by atoms with Gasteiger partial charge in [0.25, 0.3) is 0 Å². The Morgan fingerprint density at radius 1 is 1.33 bits per heavy atom. The fourth-order valence-corrected chi connectivity index (χ4v) is 2.29. The molecule has 0 aliphatic rings. The van der Waals surface area contributed by atoms with Gasteiger partial charge in [-0.2, -0.15) is 0 Å². The number of nitrogens with two attached hydrogens (primary N) is 1. The first-order chi connectivity index (χ1) is 10.0. The van der Waals surface area contributed by atoms with E-state index in [4.69, 9.17) is 10.5 Å². The van der Waals surface area contributed by atoms with Crippen molar-refractivity contribution in [3.63, 3.8) is 0 Å². The number of benzene rings is 1. The van der Waals surface area contributed by atoms with Crippen molar-refractivity contribution in [3.8, 4) is 5.75 Å². The molecule has 0 saturated heterocycles. The van der Waals surface area contributed by atoms with Gasteiger partial charge < -0.3 is 15.0 Å². The first-order valence-electron chi connectivity index (χ1n) is 7.09. The summed E-state index contributed by atoms with van der Waals surface area (Å²) in [5.74, 6) is 1.88. The molecule has 114 valence electrons. The average Bonchev–Trinajstić information content (AvgIpc) is 2.91. The van der Waals surface area contributed by atoms with Gasteiger partial charge in [-0.25, -0.2) is 4.98 Å². The van der Waals surface area contributed by atoms with Crippen molar-refractivity contribution in [2.24, 2.45) is 12.8 Å². The fourth-order valence-electron chi connectivity index (χ4n) is 2.29. The minimum Gasteiger partial charge on any atom is -0.497 e. The predicted molar refractivity (Wildman–Crippen MR) is 84.1 cm³/mol.